The fourth-order valence-corrected chi connectivity index (χ4v) is 2.85. The first-order valence-corrected chi connectivity index (χ1v) is 10.7. The largest absolute Gasteiger partial charge is 0.381 e. The molecular formula is C16H21F2NOSi-. The molecule has 2 heterocycles. The molecule has 0 aliphatic carbocycles. The number of alkyl halides is 1. The third-order valence-corrected chi connectivity index (χ3v) is 4.50. The molecule has 0 aromatic carbocycles. The van der Waals surface area contributed by atoms with Crippen LogP contribution >= 0.6 is 0 Å². The lowest BCUT2D eigenvalue weighted by atomic mass is 9.81. The van der Waals surface area contributed by atoms with Crippen molar-refractivity contribution in [2.24, 2.45) is 5.92 Å². The molecule has 0 amide bonds. The Bertz CT molecular complexity index is 588. The molecule has 0 spiro atoms. The van der Waals surface area contributed by atoms with Crippen molar-refractivity contribution in [3.8, 4) is 11.5 Å². The van der Waals surface area contributed by atoms with Gasteiger partial charge in [0.25, 0.3) is 0 Å². The average Bonchev–Trinajstić information content (AvgIpc) is 2.40. The van der Waals surface area contributed by atoms with E-state index >= 15 is 4.39 Å². The van der Waals surface area contributed by atoms with Crippen LogP contribution in [-0.4, -0.2) is 26.3 Å². The summed E-state index contributed by atoms with van der Waals surface area (Å²) in [7, 11) is -1.54. The highest BCUT2D eigenvalue weighted by Gasteiger charge is 2.43. The summed E-state index contributed by atoms with van der Waals surface area (Å²) >= 11 is 0. The van der Waals surface area contributed by atoms with E-state index < -0.39 is 25.6 Å². The van der Waals surface area contributed by atoms with Crippen molar-refractivity contribution in [1.82, 2.24) is 4.98 Å². The quantitative estimate of drug-likeness (QED) is 0.448. The maximum atomic E-state index is 15.2. The maximum absolute atomic E-state index is 15.2. The minimum atomic E-state index is -1.73. The summed E-state index contributed by atoms with van der Waals surface area (Å²) in [5.41, 5.74) is 2.05. The van der Waals surface area contributed by atoms with Crippen LogP contribution < -0.4 is 0 Å². The number of pyridine rings is 1. The number of hydrogen-bond donors (Lipinski definition) is 0. The summed E-state index contributed by atoms with van der Waals surface area (Å²) in [5, 5.41) is 0. The molecule has 2 atom stereocenters. The lowest BCUT2D eigenvalue weighted by Gasteiger charge is -2.35. The van der Waals surface area contributed by atoms with Gasteiger partial charge in [0.15, 0.2) is 0 Å². The van der Waals surface area contributed by atoms with Gasteiger partial charge in [0.05, 0.1) is 6.61 Å². The summed E-state index contributed by atoms with van der Waals surface area (Å²) in [6, 6.07) is 1.51. The predicted molar refractivity (Wildman–Crippen MR) is 81.8 cm³/mol. The molecule has 0 N–H and O–H groups in total. The fraction of sp³-hybridized carbons (Fsp3) is 0.562. The minimum Gasteiger partial charge on any atom is -0.381 e. The molecule has 1 aliphatic rings. The highest BCUT2D eigenvalue weighted by atomic mass is 28.3. The molecule has 1 aromatic rings. The summed E-state index contributed by atoms with van der Waals surface area (Å²) in [4.78, 5) is 3.70. The Morgan fingerprint density at radius 1 is 1.43 bits per heavy atom. The first-order valence-electron chi connectivity index (χ1n) is 7.18. The lowest BCUT2D eigenvalue weighted by Crippen LogP contribution is -2.38. The zero-order valence-corrected chi connectivity index (χ0v) is 14.0. The van der Waals surface area contributed by atoms with E-state index in [1.807, 2.05) is 0 Å². The molecule has 1 saturated heterocycles. The summed E-state index contributed by atoms with van der Waals surface area (Å²) in [6.45, 7) is 8.68. The molecule has 5 heteroatoms. The number of hydrogen-bond acceptors (Lipinski definition) is 2. The Morgan fingerprint density at radius 3 is 2.76 bits per heavy atom. The topological polar surface area (TPSA) is 22.1 Å². The van der Waals surface area contributed by atoms with Gasteiger partial charge in [-0.15, -0.1) is 5.92 Å². The van der Waals surface area contributed by atoms with Crippen LogP contribution in [-0.2, 0) is 10.4 Å². The Kier molecular flexibility index (Phi) is 4.50. The smallest absolute Gasteiger partial charge is 0.219 e. The van der Waals surface area contributed by atoms with Gasteiger partial charge in [-0.3, -0.25) is 5.54 Å². The van der Waals surface area contributed by atoms with E-state index in [4.69, 9.17) is 4.74 Å². The Hall–Kier alpha value is -1.25. The Morgan fingerprint density at radius 2 is 2.14 bits per heavy atom. The number of halogens is 2. The van der Waals surface area contributed by atoms with Crippen molar-refractivity contribution < 1.29 is 13.5 Å². The van der Waals surface area contributed by atoms with Gasteiger partial charge in [-0.2, -0.15) is 24.0 Å². The lowest BCUT2D eigenvalue weighted by molar-refractivity contribution is -0.0606. The Balaban J connectivity index is 2.41. The molecule has 0 radical (unpaired) electrons. The molecule has 2 nitrogen and oxygen atoms in total. The number of ether oxygens (including phenoxy) is 1. The van der Waals surface area contributed by atoms with Gasteiger partial charge in [-0.05, 0) is 6.07 Å². The van der Waals surface area contributed by atoms with Crippen molar-refractivity contribution in [2.75, 3.05) is 13.2 Å². The monoisotopic (exact) mass is 309 g/mol. The van der Waals surface area contributed by atoms with E-state index in [9.17, 15) is 4.39 Å². The highest BCUT2D eigenvalue weighted by molar-refractivity contribution is 6.83. The minimum absolute atomic E-state index is 0.0145. The van der Waals surface area contributed by atoms with Gasteiger partial charge in [-0.25, -0.2) is 9.37 Å². The standard InChI is InChI=1S/C16H21F2NOSi/c1-12-11-20-7-6-16(12,18)14-9-13(10-19-15(14)17)5-8-21(2,3)4/h9-10,12H,6-7,11H2,1-4H3/q-1/t12-,16+/m0/s1. The van der Waals surface area contributed by atoms with Gasteiger partial charge < -0.3 is 4.74 Å². The van der Waals surface area contributed by atoms with Gasteiger partial charge in [0, 0.05) is 36.3 Å². The summed E-state index contributed by atoms with van der Waals surface area (Å²) in [5.74, 6) is 1.86. The van der Waals surface area contributed by atoms with Gasteiger partial charge in [-0.1, -0.05) is 15.0 Å². The zero-order valence-electron chi connectivity index (χ0n) is 13.0. The first-order chi connectivity index (χ1) is 9.72. The summed E-state index contributed by atoms with van der Waals surface area (Å²) < 4.78 is 34.5. The van der Waals surface area contributed by atoms with E-state index in [0.29, 0.717) is 18.8 Å². The normalized spacial score (nSPS) is 26.1. The molecule has 115 valence electrons. The second-order valence-electron chi connectivity index (χ2n) is 6.65. The Labute approximate surface area is 125 Å². The van der Waals surface area contributed by atoms with Crippen LogP contribution in [0.4, 0.5) is 8.78 Å². The van der Waals surface area contributed by atoms with Crippen molar-refractivity contribution in [1.29, 1.82) is 0 Å². The van der Waals surface area contributed by atoms with E-state index in [1.54, 1.807) is 6.92 Å². The predicted octanol–water partition coefficient (Wildman–Crippen LogP) is 3.67. The zero-order chi connectivity index (χ0) is 15.7. The first kappa shape index (κ1) is 16.1. The molecule has 1 aliphatic heterocycles. The van der Waals surface area contributed by atoms with Crippen molar-refractivity contribution in [2.45, 2.75) is 38.7 Å². The molecule has 1 aromatic heterocycles. The molecule has 0 unspecified atom stereocenters. The van der Waals surface area contributed by atoms with Crippen LogP contribution in [0.2, 0.25) is 19.6 Å². The molecule has 1 fully saturated rings. The van der Waals surface area contributed by atoms with Crippen molar-refractivity contribution in [3.63, 3.8) is 0 Å². The van der Waals surface area contributed by atoms with E-state index in [0.717, 1.165) is 0 Å². The number of rotatable bonds is 1. The van der Waals surface area contributed by atoms with Gasteiger partial charge >= 0.3 is 0 Å². The SMILES string of the molecule is C[C@H]1COCC[C@]1(F)c1cc(C#C[Si-](C)(C)C)cnc1F. The number of nitrogens with zero attached hydrogens (tertiary/aromatic N) is 1. The van der Waals surface area contributed by atoms with Crippen LogP contribution in [0.3, 0.4) is 0 Å². The average molecular weight is 309 g/mol. The van der Waals surface area contributed by atoms with Crippen molar-refractivity contribution in [3.05, 3.63) is 29.3 Å². The van der Waals surface area contributed by atoms with Crippen LogP contribution in [0.1, 0.15) is 24.5 Å². The molecule has 2 rings (SSSR count). The third kappa shape index (κ3) is 3.69. The molecule has 0 bridgehead atoms. The van der Waals surface area contributed by atoms with Gasteiger partial charge in [0.1, 0.15) is 5.67 Å². The molecule has 21 heavy (non-hydrogen) atoms. The van der Waals surface area contributed by atoms with E-state index in [-0.39, 0.29) is 12.0 Å². The highest BCUT2D eigenvalue weighted by Crippen LogP contribution is 2.41. The molecule has 0 saturated carbocycles. The third-order valence-electron chi connectivity index (χ3n) is 3.63. The van der Waals surface area contributed by atoms with Crippen LogP contribution in [0.25, 0.3) is 0 Å². The van der Waals surface area contributed by atoms with Crippen molar-refractivity contribution >= 4 is 8.07 Å². The van der Waals surface area contributed by atoms with E-state index in [2.05, 4.69) is 36.1 Å². The van der Waals surface area contributed by atoms with Gasteiger partial charge in [0.2, 0.25) is 5.95 Å². The van der Waals surface area contributed by atoms with Crippen LogP contribution in [0.5, 0.6) is 0 Å². The second-order valence-corrected chi connectivity index (χ2v) is 11.4. The molecular weight excluding hydrogens is 288 g/mol. The van der Waals surface area contributed by atoms with Crippen LogP contribution in [0.15, 0.2) is 12.3 Å². The maximum Gasteiger partial charge on any atom is 0.219 e. The second kappa shape index (κ2) is 5.86. The van der Waals surface area contributed by atoms with E-state index in [1.165, 1.54) is 12.3 Å². The fourth-order valence-electron chi connectivity index (χ4n) is 2.33. The van der Waals surface area contributed by atoms with Crippen LogP contribution in [0, 0.1) is 23.3 Å². The number of aromatic nitrogens is 1. The summed E-state index contributed by atoms with van der Waals surface area (Å²) in [6.07, 6.45) is 1.52.